The summed E-state index contributed by atoms with van der Waals surface area (Å²) >= 11 is 0. The first-order valence-electron chi connectivity index (χ1n) is 10.9. The number of carbonyl (C=O) groups is 2. The molecule has 0 spiro atoms. The number of amides is 2. The van der Waals surface area contributed by atoms with E-state index in [-0.39, 0.29) is 29.3 Å². The van der Waals surface area contributed by atoms with Crippen molar-refractivity contribution in [2.24, 2.45) is 0 Å². The van der Waals surface area contributed by atoms with E-state index in [1.807, 2.05) is 29.2 Å². The first kappa shape index (κ1) is 21.5. The highest BCUT2D eigenvalue weighted by Gasteiger charge is 2.43. The third-order valence-corrected chi connectivity index (χ3v) is 6.20. The van der Waals surface area contributed by atoms with Crippen molar-refractivity contribution in [3.05, 3.63) is 111 Å². The van der Waals surface area contributed by atoms with Crippen LogP contribution in [0.3, 0.4) is 0 Å². The molecule has 0 saturated carbocycles. The first-order chi connectivity index (χ1) is 16.4. The Morgan fingerprint density at radius 3 is 2.32 bits per heavy atom. The van der Waals surface area contributed by atoms with Crippen LogP contribution in [-0.4, -0.2) is 34.7 Å². The Morgan fingerprint density at radius 1 is 0.912 bits per heavy atom. The minimum absolute atomic E-state index is 0.0950. The van der Waals surface area contributed by atoms with Crippen molar-refractivity contribution < 1.29 is 18.9 Å². The van der Waals surface area contributed by atoms with Gasteiger partial charge in [-0.05, 0) is 59.9 Å². The predicted octanol–water partition coefficient (Wildman–Crippen LogP) is 4.12. The molecule has 0 radical (unpaired) electrons. The lowest BCUT2D eigenvalue weighted by Gasteiger charge is -2.21. The highest BCUT2D eigenvalue weighted by Crippen LogP contribution is 2.38. The van der Waals surface area contributed by atoms with Crippen molar-refractivity contribution >= 4 is 28.8 Å². The Bertz CT molecular complexity index is 1330. The quantitative estimate of drug-likeness (QED) is 0.316. The largest absolute Gasteiger partial charge is 0.336 e. The zero-order valence-electron chi connectivity index (χ0n) is 18.1. The Hall–Kier alpha value is -4.33. The molecular formula is C26H20FN3O4. The summed E-state index contributed by atoms with van der Waals surface area (Å²) in [6, 6.07) is 19.3. The molecule has 0 saturated heterocycles. The van der Waals surface area contributed by atoms with Gasteiger partial charge < -0.3 is 4.90 Å². The van der Waals surface area contributed by atoms with Gasteiger partial charge in [0.1, 0.15) is 11.5 Å². The van der Waals surface area contributed by atoms with E-state index >= 15 is 0 Å². The number of nitro benzene ring substituents is 1. The average Bonchev–Trinajstić information content (AvgIpc) is 3.37. The summed E-state index contributed by atoms with van der Waals surface area (Å²) in [5.74, 6) is -1.20. The third kappa shape index (κ3) is 3.73. The maximum atomic E-state index is 13.6. The number of imide groups is 1. The van der Waals surface area contributed by atoms with E-state index in [2.05, 4.69) is 0 Å². The molecule has 2 aliphatic heterocycles. The summed E-state index contributed by atoms with van der Waals surface area (Å²) in [7, 11) is 0. The molecule has 2 aliphatic rings. The number of hydrogen-bond acceptors (Lipinski definition) is 5. The molecule has 170 valence electrons. The Kier molecular flexibility index (Phi) is 5.41. The minimum atomic E-state index is -0.508. The second kappa shape index (κ2) is 8.55. The van der Waals surface area contributed by atoms with Crippen molar-refractivity contribution in [2.75, 3.05) is 18.0 Å². The molecule has 0 fully saturated rings. The fraction of sp³-hybridized carbons (Fsp3) is 0.154. The highest BCUT2D eigenvalue weighted by molar-refractivity contribution is 6.36. The van der Waals surface area contributed by atoms with Gasteiger partial charge in [0, 0.05) is 30.9 Å². The number of benzene rings is 3. The number of non-ortho nitro benzene ring substituents is 1. The maximum Gasteiger partial charge on any atom is 0.278 e. The topological polar surface area (TPSA) is 83.8 Å². The number of nitrogens with zero attached hydrogens (tertiary/aromatic N) is 3. The molecule has 34 heavy (non-hydrogen) atoms. The van der Waals surface area contributed by atoms with Gasteiger partial charge in [-0.1, -0.05) is 30.3 Å². The lowest BCUT2D eigenvalue weighted by molar-refractivity contribution is -0.384. The van der Waals surface area contributed by atoms with Gasteiger partial charge in [-0.2, -0.15) is 0 Å². The fourth-order valence-electron chi connectivity index (χ4n) is 4.49. The molecule has 2 heterocycles. The van der Waals surface area contributed by atoms with Crippen LogP contribution in [0, 0.1) is 15.9 Å². The molecule has 0 unspecified atom stereocenters. The highest BCUT2D eigenvalue weighted by atomic mass is 19.1. The molecule has 0 N–H and O–H groups in total. The van der Waals surface area contributed by atoms with E-state index < -0.39 is 16.7 Å². The first-order valence-corrected chi connectivity index (χ1v) is 10.9. The molecule has 0 bridgehead atoms. The molecule has 0 aliphatic carbocycles. The molecule has 0 aromatic heterocycles. The van der Waals surface area contributed by atoms with Crippen LogP contribution in [0.5, 0.6) is 0 Å². The standard InChI is InChI=1S/C26H20FN3O4/c27-20-9-5-17(6-10-20)13-15-29-25(31)23(19-7-11-21(12-8-19)30(33)34)24(26(29)32)28-16-14-18-3-1-2-4-22(18)28/h1-12H,13-16H2. The van der Waals surface area contributed by atoms with Crippen LogP contribution in [0.25, 0.3) is 5.57 Å². The van der Waals surface area contributed by atoms with Crippen molar-refractivity contribution in [2.45, 2.75) is 12.8 Å². The second-order valence-electron chi connectivity index (χ2n) is 8.20. The molecular weight excluding hydrogens is 437 g/mol. The van der Waals surface area contributed by atoms with Crippen LogP contribution < -0.4 is 4.90 Å². The van der Waals surface area contributed by atoms with Crippen molar-refractivity contribution in [3.63, 3.8) is 0 Å². The normalized spacial score (nSPS) is 15.3. The van der Waals surface area contributed by atoms with Crippen LogP contribution in [0.15, 0.2) is 78.5 Å². The molecule has 7 nitrogen and oxygen atoms in total. The van der Waals surface area contributed by atoms with E-state index in [1.165, 1.54) is 41.3 Å². The van der Waals surface area contributed by atoms with E-state index in [1.54, 1.807) is 12.1 Å². The van der Waals surface area contributed by atoms with Gasteiger partial charge >= 0.3 is 0 Å². The van der Waals surface area contributed by atoms with Crippen LogP contribution in [0.1, 0.15) is 16.7 Å². The van der Waals surface area contributed by atoms with Crippen LogP contribution >= 0.6 is 0 Å². The molecule has 0 atom stereocenters. The van der Waals surface area contributed by atoms with Gasteiger partial charge in [0.05, 0.1) is 10.5 Å². The second-order valence-corrected chi connectivity index (χ2v) is 8.20. The van der Waals surface area contributed by atoms with Gasteiger partial charge in [-0.3, -0.25) is 24.6 Å². The van der Waals surface area contributed by atoms with Crippen LogP contribution in [0.2, 0.25) is 0 Å². The average molecular weight is 457 g/mol. The third-order valence-electron chi connectivity index (χ3n) is 6.20. The molecule has 3 aromatic rings. The number of para-hydroxylation sites is 1. The fourth-order valence-corrected chi connectivity index (χ4v) is 4.49. The Morgan fingerprint density at radius 2 is 1.62 bits per heavy atom. The lowest BCUT2D eigenvalue weighted by Crippen LogP contribution is -2.36. The zero-order valence-corrected chi connectivity index (χ0v) is 18.1. The van der Waals surface area contributed by atoms with E-state index in [0.29, 0.717) is 18.5 Å². The van der Waals surface area contributed by atoms with E-state index in [0.717, 1.165) is 23.2 Å². The number of hydrogen-bond donors (Lipinski definition) is 0. The summed E-state index contributed by atoms with van der Waals surface area (Å²) in [6.45, 7) is 0.689. The summed E-state index contributed by atoms with van der Waals surface area (Å²) in [5, 5.41) is 11.1. The number of rotatable bonds is 6. The number of halogens is 1. The van der Waals surface area contributed by atoms with Gasteiger partial charge in [0.15, 0.2) is 0 Å². The van der Waals surface area contributed by atoms with Crippen molar-refractivity contribution in [1.82, 2.24) is 4.90 Å². The van der Waals surface area contributed by atoms with Crippen molar-refractivity contribution in [1.29, 1.82) is 0 Å². The summed E-state index contributed by atoms with van der Waals surface area (Å²) in [4.78, 5) is 40.7. The maximum absolute atomic E-state index is 13.6. The summed E-state index contributed by atoms with van der Waals surface area (Å²) < 4.78 is 13.2. The van der Waals surface area contributed by atoms with Crippen LogP contribution in [-0.2, 0) is 22.4 Å². The van der Waals surface area contributed by atoms with Gasteiger partial charge in [-0.25, -0.2) is 4.39 Å². The SMILES string of the molecule is O=C1C(c2ccc([N+](=O)[O-])cc2)=C(N2CCc3ccccc32)C(=O)N1CCc1ccc(F)cc1. The molecule has 5 rings (SSSR count). The van der Waals surface area contributed by atoms with Crippen LogP contribution in [0.4, 0.5) is 15.8 Å². The zero-order chi connectivity index (χ0) is 23.8. The van der Waals surface area contributed by atoms with Gasteiger partial charge in [-0.15, -0.1) is 0 Å². The van der Waals surface area contributed by atoms with E-state index in [9.17, 15) is 24.1 Å². The number of carbonyl (C=O) groups excluding carboxylic acids is 2. The smallest absolute Gasteiger partial charge is 0.278 e. The van der Waals surface area contributed by atoms with E-state index in [4.69, 9.17) is 0 Å². The molecule has 2 amide bonds. The number of nitro groups is 1. The lowest BCUT2D eigenvalue weighted by atomic mass is 10.0. The summed E-state index contributed by atoms with van der Waals surface area (Å²) in [5.41, 5.74) is 3.63. The van der Waals surface area contributed by atoms with Gasteiger partial charge in [0.25, 0.3) is 17.5 Å². The predicted molar refractivity (Wildman–Crippen MR) is 124 cm³/mol. The van der Waals surface area contributed by atoms with Crippen molar-refractivity contribution in [3.8, 4) is 0 Å². The molecule has 8 heteroatoms. The minimum Gasteiger partial charge on any atom is -0.336 e. The Balaban J connectivity index is 1.53. The number of anilines is 1. The summed E-state index contributed by atoms with van der Waals surface area (Å²) in [6.07, 6.45) is 1.12. The number of fused-ring (bicyclic) bond motifs is 1. The molecule has 3 aromatic carbocycles. The monoisotopic (exact) mass is 457 g/mol. The Labute approximate surface area is 194 Å². The van der Waals surface area contributed by atoms with Gasteiger partial charge in [0.2, 0.25) is 0 Å².